The maximum Gasteiger partial charge on any atom is 0.410 e. The van der Waals surface area contributed by atoms with Crippen molar-refractivity contribution in [2.45, 2.75) is 39.3 Å². The number of hydrogen-bond acceptors (Lipinski definition) is 6. The molecule has 1 saturated heterocycles. The smallest absolute Gasteiger partial charge is 0.410 e. The van der Waals surface area contributed by atoms with E-state index in [1.165, 1.54) is 7.11 Å². The highest BCUT2D eigenvalue weighted by molar-refractivity contribution is 5.96. The zero-order valence-corrected chi connectivity index (χ0v) is 15.5. The number of nitrogen functional groups attached to an aromatic ring is 1. The number of anilines is 2. The molecule has 0 bridgehead atoms. The average molecular weight is 349 g/mol. The standard InChI is InChI=1S/C18H27N3O4/c1-12-11-20(17(23)25-18(2,3)4)8-9-21(12)13-6-7-15(19)14(10-13)16(22)24-5/h6-7,10,12H,8-9,11,19H2,1-5H3. The largest absolute Gasteiger partial charge is 0.465 e. The fourth-order valence-electron chi connectivity index (χ4n) is 2.84. The van der Waals surface area contributed by atoms with Crippen molar-refractivity contribution in [3.63, 3.8) is 0 Å². The fraction of sp³-hybridized carbons (Fsp3) is 0.556. The van der Waals surface area contributed by atoms with Crippen LogP contribution >= 0.6 is 0 Å². The summed E-state index contributed by atoms with van der Waals surface area (Å²) in [5, 5.41) is 0. The summed E-state index contributed by atoms with van der Waals surface area (Å²) in [5.41, 5.74) is 6.97. The zero-order chi connectivity index (χ0) is 18.8. The molecule has 1 aliphatic rings. The minimum absolute atomic E-state index is 0.0791. The lowest BCUT2D eigenvalue weighted by Crippen LogP contribution is -2.54. The molecule has 0 aliphatic carbocycles. The number of carbonyl (C=O) groups is 2. The van der Waals surface area contributed by atoms with E-state index in [1.807, 2.05) is 33.8 Å². The average Bonchev–Trinajstić information content (AvgIpc) is 2.53. The summed E-state index contributed by atoms with van der Waals surface area (Å²) >= 11 is 0. The van der Waals surface area contributed by atoms with E-state index < -0.39 is 11.6 Å². The maximum atomic E-state index is 12.2. The number of benzene rings is 1. The third-order valence-electron chi connectivity index (χ3n) is 4.05. The Morgan fingerprint density at radius 2 is 1.92 bits per heavy atom. The third kappa shape index (κ3) is 4.55. The number of carbonyl (C=O) groups excluding carboxylic acids is 2. The molecule has 1 amide bonds. The summed E-state index contributed by atoms with van der Waals surface area (Å²) in [6.45, 7) is 9.34. The van der Waals surface area contributed by atoms with Crippen LogP contribution in [0.25, 0.3) is 0 Å². The summed E-state index contributed by atoms with van der Waals surface area (Å²) in [5.74, 6) is -0.459. The van der Waals surface area contributed by atoms with Crippen LogP contribution < -0.4 is 10.6 Å². The first-order valence-electron chi connectivity index (χ1n) is 8.35. The van der Waals surface area contributed by atoms with Gasteiger partial charge in [-0.2, -0.15) is 0 Å². The van der Waals surface area contributed by atoms with Gasteiger partial charge in [0.1, 0.15) is 5.60 Å². The second-order valence-corrected chi connectivity index (χ2v) is 7.23. The Hall–Kier alpha value is -2.44. The molecule has 2 rings (SSSR count). The molecule has 1 aliphatic heterocycles. The normalized spacial score (nSPS) is 18.0. The van der Waals surface area contributed by atoms with Crippen molar-refractivity contribution in [1.29, 1.82) is 0 Å². The van der Waals surface area contributed by atoms with E-state index >= 15 is 0 Å². The quantitative estimate of drug-likeness (QED) is 0.652. The van der Waals surface area contributed by atoms with Gasteiger partial charge in [-0.05, 0) is 45.9 Å². The maximum absolute atomic E-state index is 12.2. The molecule has 1 atom stereocenters. The molecule has 138 valence electrons. The van der Waals surface area contributed by atoms with Crippen LogP contribution in [0.5, 0.6) is 0 Å². The van der Waals surface area contributed by atoms with Gasteiger partial charge in [-0.15, -0.1) is 0 Å². The van der Waals surface area contributed by atoms with Crippen molar-refractivity contribution < 1.29 is 19.1 Å². The van der Waals surface area contributed by atoms with Crippen LogP contribution in [0.2, 0.25) is 0 Å². The van der Waals surface area contributed by atoms with Crippen LogP contribution in [0.1, 0.15) is 38.1 Å². The summed E-state index contributed by atoms with van der Waals surface area (Å²) in [7, 11) is 1.33. The Morgan fingerprint density at radius 3 is 2.48 bits per heavy atom. The topological polar surface area (TPSA) is 85.1 Å². The molecule has 25 heavy (non-hydrogen) atoms. The summed E-state index contributed by atoms with van der Waals surface area (Å²) < 4.78 is 10.2. The highest BCUT2D eigenvalue weighted by Crippen LogP contribution is 2.26. The number of nitrogens with two attached hydrogens (primary N) is 1. The van der Waals surface area contributed by atoms with Gasteiger partial charge in [0.05, 0.1) is 12.7 Å². The number of methoxy groups -OCH3 is 1. The number of piperazine rings is 1. The van der Waals surface area contributed by atoms with Crippen LogP contribution in [0.15, 0.2) is 18.2 Å². The van der Waals surface area contributed by atoms with Crippen molar-refractivity contribution >= 4 is 23.4 Å². The van der Waals surface area contributed by atoms with Gasteiger partial charge in [0, 0.05) is 37.1 Å². The van der Waals surface area contributed by atoms with Crippen LogP contribution in [0.3, 0.4) is 0 Å². The molecule has 1 unspecified atom stereocenters. The Kier molecular flexibility index (Phi) is 5.45. The molecular formula is C18H27N3O4. The van der Waals surface area contributed by atoms with Gasteiger partial charge in [0.2, 0.25) is 0 Å². The van der Waals surface area contributed by atoms with Gasteiger partial charge in [-0.25, -0.2) is 9.59 Å². The number of rotatable bonds is 2. The lowest BCUT2D eigenvalue weighted by atomic mass is 10.1. The molecule has 0 spiro atoms. The van der Waals surface area contributed by atoms with Crippen molar-refractivity contribution in [1.82, 2.24) is 4.90 Å². The second kappa shape index (κ2) is 7.21. The van der Waals surface area contributed by atoms with Gasteiger partial charge < -0.3 is 25.0 Å². The number of amides is 1. The SMILES string of the molecule is COC(=O)c1cc(N2CCN(C(=O)OC(C)(C)C)CC2C)ccc1N. The van der Waals surface area contributed by atoms with E-state index in [9.17, 15) is 9.59 Å². The molecule has 0 aromatic heterocycles. The molecule has 1 heterocycles. The highest BCUT2D eigenvalue weighted by Gasteiger charge is 2.30. The Balaban J connectivity index is 2.11. The first kappa shape index (κ1) is 18.9. The van der Waals surface area contributed by atoms with Crippen molar-refractivity contribution in [3.05, 3.63) is 23.8 Å². The number of esters is 1. The lowest BCUT2D eigenvalue weighted by Gasteiger charge is -2.41. The van der Waals surface area contributed by atoms with E-state index in [4.69, 9.17) is 15.2 Å². The first-order chi connectivity index (χ1) is 11.6. The summed E-state index contributed by atoms with van der Waals surface area (Å²) in [4.78, 5) is 27.9. The summed E-state index contributed by atoms with van der Waals surface area (Å²) in [6.07, 6.45) is -0.299. The zero-order valence-electron chi connectivity index (χ0n) is 15.5. The minimum Gasteiger partial charge on any atom is -0.465 e. The van der Waals surface area contributed by atoms with E-state index in [-0.39, 0.29) is 12.1 Å². The van der Waals surface area contributed by atoms with Crippen LogP contribution in [0.4, 0.5) is 16.2 Å². The molecular weight excluding hydrogens is 322 g/mol. The van der Waals surface area contributed by atoms with Gasteiger partial charge >= 0.3 is 12.1 Å². The van der Waals surface area contributed by atoms with Crippen molar-refractivity contribution in [2.75, 3.05) is 37.4 Å². The molecule has 7 heteroatoms. The predicted octanol–water partition coefficient (Wildman–Crippen LogP) is 2.50. The van der Waals surface area contributed by atoms with Crippen LogP contribution in [-0.2, 0) is 9.47 Å². The predicted molar refractivity (Wildman–Crippen MR) is 96.8 cm³/mol. The molecule has 0 radical (unpaired) electrons. The Labute approximate surface area is 148 Å². The van der Waals surface area contributed by atoms with Gasteiger partial charge in [-0.1, -0.05) is 0 Å². The van der Waals surface area contributed by atoms with Crippen molar-refractivity contribution in [2.24, 2.45) is 0 Å². The van der Waals surface area contributed by atoms with Crippen molar-refractivity contribution in [3.8, 4) is 0 Å². The molecule has 1 aromatic rings. The minimum atomic E-state index is -0.510. The summed E-state index contributed by atoms with van der Waals surface area (Å²) in [6, 6.07) is 5.40. The molecule has 1 fully saturated rings. The molecule has 2 N–H and O–H groups in total. The third-order valence-corrected chi connectivity index (χ3v) is 4.05. The second-order valence-electron chi connectivity index (χ2n) is 7.23. The van der Waals surface area contributed by atoms with E-state index in [2.05, 4.69) is 4.90 Å². The number of nitrogens with zero attached hydrogens (tertiary/aromatic N) is 2. The van der Waals surface area contributed by atoms with E-state index in [0.717, 1.165) is 5.69 Å². The monoisotopic (exact) mass is 349 g/mol. The fourth-order valence-corrected chi connectivity index (χ4v) is 2.84. The van der Waals surface area contributed by atoms with Crippen LogP contribution in [-0.4, -0.2) is 55.3 Å². The van der Waals surface area contributed by atoms with Gasteiger partial charge in [0.15, 0.2) is 0 Å². The molecule has 0 saturated carbocycles. The Morgan fingerprint density at radius 1 is 1.24 bits per heavy atom. The van der Waals surface area contributed by atoms with Gasteiger partial charge in [-0.3, -0.25) is 0 Å². The lowest BCUT2D eigenvalue weighted by molar-refractivity contribution is 0.0218. The number of hydrogen-bond donors (Lipinski definition) is 1. The van der Waals surface area contributed by atoms with E-state index in [1.54, 1.807) is 17.0 Å². The number of ether oxygens (including phenoxy) is 2. The highest BCUT2D eigenvalue weighted by atomic mass is 16.6. The molecule has 7 nitrogen and oxygen atoms in total. The van der Waals surface area contributed by atoms with Crippen LogP contribution in [0, 0.1) is 0 Å². The molecule has 1 aromatic carbocycles. The first-order valence-corrected chi connectivity index (χ1v) is 8.35. The van der Waals surface area contributed by atoms with E-state index in [0.29, 0.717) is 30.9 Å². The Bertz CT molecular complexity index is 654. The van der Waals surface area contributed by atoms with Gasteiger partial charge in [0.25, 0.3) is 0 Å².